The normalized spacial score (nSPS) is 9.86. The van der Waals surface area contributed by atoms with Gasteiger partial charge in [0, 0.05) is 17.7 Å². The van der Waals surface area contributed by atoms with Crippen molar-refractivity contribution in [3.63, 3.8) is 0 Å². The minimum absolute atomic E-state index is 0.177. The second kappa shape index (κ2) is 7.28. The van der Waals surface area contributed by atoms with Crippen LogP contribution in [-0.4, -0.2) is 17.6 Å². The summed E-state index contributed by atoms with van der Waals surface area (Å²) in [5.74, 6) is 5.08. The highest BCUT2D eigenvalue weighted by Gasteiger charge is 2.08. The number of halogens is 1. The van der Waals surface area contributed by atoms with E-state index in [-0.39, 0.29) is 12.5 Å². The summed E-state index contributed by atoms with van der Waals surface area (Å²) in [7, 11) is 0. The van der Waals surface area contributed by atoms with Crippen molar-refractivity contribution in [2.24, 2.45) is 0 Å². The maximum atomic E-state index is 12.1. The first-order valence-corrected chi connectivity index (χ1v) is 7.63. The lowest BCUT2D eigenvalue weighted by atomic mass is 10.1. The molecule has 1 amide bonds. The summed E-state index contributed by atoms with van der Waals surface area (Å²) in [6.07, 6.45) is 0. The van der Waals surface area contributed by atoms with Crippen molar-refractivity contribution in [2.75, 3.05) is 6.61 Å². The molecule has 1 aromatic heterocycles. The first-order valence-electron chi connectivity index (χ1n) is 6.31. The second-order valence-electron chi connectivity index (χ2n) is 4.42. The maximum absolute atomic E-state index is 12.1. The molecule has 0 aliphatic carbocycles. The Balaban J connectivity index is 2.06. The van der Waals surface area contributed by atoms with Crippen LogP contribution in [0.3, 0.4) is 0 Å². The number of hydrogen-bond donors (Lipinski definition) is 2. The van der Waals surface area contributed by atoms with Crippen LogP contribution in [-0.2, 0) is 6.54 Å². The molecule has 0 atom stereocenters. The van der Waals surface area contributed by atoms with E-state index in [0.29, 0.717) is 22.7 Å². The number of rotatable bonds is 3. The number of aliphatic hydroxyl groups excluding tert-OH is 1. The SMILES string of the molecule is Cc1cscc1CNC(=O)c1ccc(C#CCO)c(Cl)c1. The quantitative estimate of drug-likeness (QED) is 0.855. The molecule has 0 spiro atoms. The van der Waals surface area contributed by atoms with Gasteiger partial charge in [0.15, 0.2) is 0 Å². The van der Waals surface area contributed by atoms with Crippen molar-refractivity contribution >= 4 is 28.8 Å². The number of carbonyl (C=O) groups is 1. The minimum atomic E-state index is -0.224. The molecule has 1 aromatic carbocycles. The van der Waals surface area contributed by atoms with Gasteiger partial charge in [-0.15, -0.1) is 0 Å². The van der Waals surface area contributed by atoms with Gasteiger partial charge >= 0.3 is 0 Å². The lowest BCUT2D eigenvalue weighted by Gasteiger charge is -2.06. The van der Waals surface area contributed by atoms with Gasteiger partial charge in [0.25, 0.3) is 5.91 Å². The standard InChI is InChI=1S/C16H14ClNO2S/c1-11-9-21-10-14(11)8-18-16(20)13-5-4-12(3-2-6-19)15(17)7-13/h4-5,7,9-10,19H,6,8H2,1H3,(H,18,20). The van der Waals surface area contributed by atoms with E-state index >= 15 is 0 Å². The van der Waals surface area contributed by atoms with Gasteiger partial charge in [-0.25, -0.2) is 0 Å². The molecule has 0 aliphatic heterocycles. The average molecular weight is 320 g/mol. The predicted octanol–water partition coefficient (Wildman–Crippen LogP) is 2.98. The molecular formula is C16H14ClNO2S. The Labute approximate surface area is 132 Å². The highest BCUT2D eigenvalue weighted by atomic mass is 35.5. The third kappa shape index (κ3) is 4.08. The summed E-state index contributed by atoms with van der Waals surface area (Å²) in [6, 6.07) is 4.93. The lowest BCUT2D eigenvalue weighted by Crippen LogP contribution is -2.22. The number of thiophene rings is 1. The number of aryl methyl sites for hydroxylation is 1. The average Bonchev–Trinajstić information content (AvgIpc) is 2.88. The fraction of sp³-hybridized carbons (Fsp3) is 0.188. The van der Waals surface area contributed by atoms with E-state index in [4.69, 9.17) is 16.7 Å². The van der Waals surface area contributed by atoms with Gasteiger partial charge in [-0.2, -0.15) is 11.3 Å². The number of aliphatic hydroxyl groups is 1. The molecule has 2 N–H and O–H groups in total. The van der Waals surface area contributed by atoms with Crippen LogP contribution in [0, 0.1) is 18.8 Å². The van der Waals surface area contributed by atoms with Crippen LogP contribution in [0.1, 0.15) is 27.0 Å². The molecule has 0 aliphatic rings. The number of nitrogens with one attached hydrogen (secondary N) is 1. The topological polar surface area (TPSA) is 49.3 Å². The summed E-state index contributed by atoms with van der Waals surface area (Å²) in [5.41, 5.74) is 3.37. The zero-order chi connectivity index (χ0) is 15.2. The molecule has 0 fully saturated rings. The third-order valence-corrected chi connectivity index (χ3v) is 4.16. The van der Waals surface area contributed by atoms with Crippen molar-refractivity contribution in [1.82, 2.24) is 5.32 Å². The van der Waals surface area contributed by atoms with Crippen LogP contribution >= 0.6 is 22.9 Å². The molecule has 0 bridgehead atoms. The predicted molar refractivity (Wildman–Crippen MR) is 85.6 cm³/mol. The summed E-state index contributed by atoms with van der Waals surface area (Å²) in [5, 5.41) is 16.0. The van der Waals surface area contributed by atoms with E-state index in [0.717, 1.165) is 5.56 Å². The molecular weight excluding hydrogens is 306 g/mol. The molecule has 0 saturated heterocycles. The van der Waals surface area contributed by atoms with Crippen LogP contribution in [0.4, 0.5) is 0 Å². The minimum Gasteiger partial charge on any atom is -0.384 e. The Kier molecular flexibility index (Phi) is 5.40. The lowest BCUT2D eigenvalue weighted by molar-refractivity contribution is 0.0951. The summed E-state index contributed by atoms with van der Waals surface area (Å²) in [6.45, 7) is 2.29. The monoisotopic (exact) mass is 319 g/mol. The van der Waals surface area contributed by atoms with E-state index in [1.54, 1.807) is 29.5 Å². The van der Waals surface area contributed by atoms with E-state index in [9.17, 15) is 4.79 Å². The number of amides is 1. The van der Waals surface area contributed by atoms with E-state index < -0.39 is 0 Å². The van der Waals surface area contributed by atoms with Gasteiger partial charge in [0.1, 0.15) is 6.61 Å². The Morgan fingerprint density at radius 2 is 2.24 bits per heavy atom. The molecule has 108 valence electrons. The molecule has 0 radical (unpaired) electrons. The van der Waals surface area contributed by atoms with Crippen LogP contribution in [0.5, 0.6) is 0 Å². The van der Waals surface area contributed by atoms with Gasteiger partial charge in [0.2, 0.25) is 0 Å². The zero-order valence-electron chi connectivity index (χ0n) is 11.4. The smallest absolute Gasteiger partial charge is 0.251 e. The number of hydrogen-bond acceptors (Lipinski definition) is 3. The van der Waals surface area contributed by atoms with E-state index in [1.807, 2.05) is 17.7 Å². The van der Waals surface area contributed by atoms with Crippen LogP contribution in [0.15, 0.2) is 29.0 Å². The van der Waals surface area contributed by atoms with Gasteiger partial charge in [-0.05, 0) is 47.0 Å². The maximum Gasteiger partial charge on any atom is 0.251 e. The third-order valence-electron chi connectivity index (χ3n) is 2.93. The molecule has 1 heterocycles. The van der Waals surface area contributed by atoms with E-state index in [2.05, 4.69) is 17.2 Å². The van der Waals surface area contributed by atoms with Gasteiger partial charge in [-0.1, -0.05) is 23.4 Å². The summed E-state index contributed by atoms with van der Waals surface area (Å²) >= 11 is 7.69. The van der Waals surface area contributed by atoms with Crippen LogP contribution in [0.25, 0.3) is 0 Å². The van der Waals surface area contributed by atoms with Gasteiger partial charge < -0.3 is 10.4 Å². The number of carbonyl (C=O) groups excluding carboxylic acids is 1. The molecule has 0 unspecified atom stereocenters. The molecule has 3 nitrogen and oxygen atoms in total. The summed E-state index contributed by atoms with van der Waals surface area (Å²) < 4.78 is 0. The van der Waals surface area contributed by atoms with Crippen molar-refractivity contribution in [3.8, 4) is 11.8 Å². The number of benzene rings is 1. The first kappa shape index (κ1) is 15.6. The second-order valence-corrected chi connectivity index (χ2v) is 5.57. The Bertz CT molecular complexity index is 713. The molecule has 2 rings (SSSR count). The van der Waals surface area contributed by atoms with E-state index in [1.165, 1.54) is 5.56 Å². The fourth-order valence-corrected chi connectivity index (χ4v) is 2.82. The van der Waals surface area contributed by atoms with Crippen LogP contribution in [0.2, 0.25) is 5.02 Å². The highest BCUT2D eigenvalue weighted by Crippen LogP contribution is 2.18. The van der Waals surface area contributed by atoms with Gasteiger partial charge in [-0.3, -0.25) is 4.79 Å². The van der Waals surface area contributed by atoms with Crippen molar-refractivity contribution in [3.05, 3.63) is 56.2 Å². The molecule has 5 heteroatoms. The molecule has 2 aromatic rings. The zero-order valence-corrected chi connectivity index (χ0v) is 13.0. The van der Waals surface area contributed by atoms with Crippen molar-refractivity contribution in [2.45, 2.75) is 13.5 Å². The Morgan fingerprint density at radius 1 is 1.43 bits per heavy atom. The van der Waals surface area contributed by atoms with Crippen molar-refractivity contribution in [1.29, 1.82) is 0 Å². The highest BCUT2D eigenvalue weighted by molar-refractivity contribution is 7.08. The largest absolute Gasteiger partial charge is 0.384 e. The molecule has 0 saturated carbocycles. The fourth-order valence-electron chi connectivity index (χ4n) is 1.74. The Hall–Kier alpha value is -1.80. The Morgan fingerprint density at radius 3 is 2.86 bits per heavy atom. The first-order chi connectivity index (χ1) is 10.1. The van der Waals surface area contributed by atoms with Crippen molar-refractivity contribution < 1.29 is 9.90 Å². The van der Waals surface area contributed by atoms with Gasteiger partial charge in [0.05, 0.1) is 5.02 Å². The van der Waals surface area contributed by atoms with Crippen LogP contribution < -0.4 is 5.32 Å². The molecule has 21 heavy (non-hydrogen) atoms. The summed E-state index contributed by atoms with van der Waals surface area (Å²) in [4.78, 5) is 12.1.